The molecule has 2 aliphatic rings. The maximum absolute atomic E-state index is 4.67. The zero-order valence-electron chi connectivity index (χ0n) is 12.5. The third-order valence-electron chi connectivity index (χ3n) is 4.62. The summed E-state index contributed by atoms with van der Waals surface area (Å²) in [6.45, 7) is 5.20. The molecule has 2 aliphatic heterocycles. The summed E-state index contributed by atoms with van der Waals surface area (Å²) < 4.78 is 1.81. The van der Waals surface area contributed by atoms with E-state index < -0.39 is 0 Å². The topological polar surface area (TPSA) is 74.7 Å². The zero-order valence-corrected chi connectivity index (χ0v) is 12.5. The molecular formula is C14H21N7. The van der Waals surface area contributed by atoms with Gasteiger partial charge in [-0.2, -0.15) is 10.1 Å². The number of H-pyrrole nitrogens is 1. The Hall–Kier alpha value is -1.89. The molecule has 2 saturated heterocycles. The lowest BCUT2D eigenvalue weighted by molar-refractivity contribution is 0.340. The molecule has 2 atom stereocenters. The van der Waals surface area contributed by atoms with Gasteiger partial charge in [0.2, 0.25) is 5.95 Å². The van der Waals surface area contributed by atoms with E-state index in [4.69, 9.17) is 0 Å². The molecule has 2 unspecified atom stereocenters. The molecular weight excluding hydrogens is 266 g/mol. The van der Waals surface area contributed by atoms with E-state index in [0.717, 1.165) is 48.6 Å². The van der Waals surface area contributed by atoms with Crippen molar-refractivity contribution in [2.45, 2.75) is 25.8 Å². The van der Waals surface area contributed by atoms with Crippen LogP contribution in [0.4, 0.5) is 5.95 Å². The second kappa shape index (κ2) is 4.84. The summed E-state index contributed by atoms with van der Waals surface area (Å²) >= 11 is 0. The number of aromatic amines is 1. The van der Waals surface area contributed by atoms with Gasteiger partial charge in [-0.25, -0.2) is 0 Å². The third kappa shape index (κ3) is 2.21. The van der Waals surface area contributed by atoms with Crippen molar-refractivity contribution in [2.75, 3.05) is 24.5 Å². The number of nitrogens with zero attached hydrogens (tertiary/aromatic N) is 5. The number of aromatic nitrogens is 5. The average Bonchev–Trinajstić information content (AvgIpc) is 3.15. The number of hydrogen-bond donors (Lipinski definition) is 2. The quantitative estimate of drug-likeness (QED) is 0.850. The molecule has 0 amide bonds. The summed E-state index contributed by atoms with van der Waals surface area (Å²) in [5, 5.41) is 15.4. The Morgan fingerprint density at radius 1 is 1.33 bits per heavy atom. The van der Waals surface area contributed by atoms with Gasteiger partial charge in [0.15, 0.2) is 5.82 Å². The molecule has 2 N–H and O–H groups in total. The van der Waals surface area contributed by atoms with Gasteiger partial charge in [-0.1, -0.05) is 0 Å². The van der Waals surface area contributed by atoms with Crippen LogP contribution < -0.4 is 10.2 Å². The third-order valence-corrected chi connectivity index (χ3v) is 4.62. The fraction of sp³-hybridized carbons (Fsp3) is 0.643. The van der Waals surface area contributed by atoms with Gasteiger partial charge in [0.1, 0.15) is 0 Å². The minimum absolute atomic E-state index is 0.598. The molecule has 0 radical (unpaired) electrons. The fourth-order valence-corrected chi connectivity index (χ4v) is 3.56. The van der Waals surface area contributed by atoms with E-state index in [1.54, 1.807) is 4.68 Å². The highest BCUT2D eigenvalue weighted by Gasteiger charge is 2.35. The predicted molar refractivity (Wildman–Crippen MR) is 80.0 cm³/mol. The number of fused-ring (bicyclic) bond motifs is 1. The van der Waals surface area contributed by atoms with Crippen LogP contribution in [0.25, 0.3) is 11.4 Å². The lowest BCUT2D eigenvalue weighted by Gasteiger charge is -2.24. The van der Waals surface area contributed by atoms with Gasteiger partial charge in [-0.15, -0.1) is 5.10 Å². The summed E-state index contributed by atoms with van der Waals surface area (Å²) in [6, 6.07) is 0.598. The lowest BCUT2D eigenvalue weighted by Crippen LogP contribution is -2.40. The molecule has 0 bridgehead atoms. The molecule has 112 valence electrons. The Morgan fingerprint density at radius 3 is 3.00 bits per heavy atom. The van der Waals surface area contributed by atoms with Gasteiger partial charge in [0.25, 0.3) is 0 Å². The van der Waals surface area contributed by atoms with Crippen LogP contribution in [0.1, 0.15) is 18.5 Å². The highest BCUT2D eigenvalue weighted by Crippen LogP contribution is 2.28. The number of hydrogen-bond acceptors (Lipinski definition) is 5. The summed E-state index contributed by atoms with van der Waals surface area (Å²) in [7, 11) is 1.92. The zero-order chi connectivity index (χ0) is 14.4. The molecule has 0 aliphatic carbocycles. The first kappa shape index (κ1) is 12.8. The van der Waals surface area contributed by atoms with Crippen LogP contribution in [-0.4, -0.2) is 50.6 Å². The minimum atomic E-state index is 0.598. The van der Waals surface area contributed by atoms with Crippen LogP contribution in [0.3, 0.4) is 0 Å². The smallest absolute Gasteiger partial charge is 0.245 e. The second-order valence-electron chi connectivity index (χ2n) is 6.15. The van der Waals surface area contributed by atoms with Crippen LogP contribution in [-0.2, 0) is 7.05 Å². The number of aryl methyl sites for hydroxylation is 2. The highest BCUT2D eigenvalue weighted by molar-refractivity contribution is 5.58. The largest absolute Gasteiger partial charge is 0.338 e. The minimum Gasteiger partial charge on any atom is -0.338 e. The number of rotatable bonds is 2. The molecule has 7 heteroatoms. The van der Waals surface area contributed by atoms with Gasteiger partial charge in [0, 0.05) is 32.4 Å². The van der Waals surface area contributed by atoms with Crippen molar-refractivity contribution >= 4 is 5.95 Å². The van der Waals surface area contributed by atoms with Crippen molar-refractivity contribution in [1.29, 1.82) is 0 Å². The summed E-state index contributed by atoms with van der Waals surface area (Å²) in [4.78, 5) is 6.96. The second-order valence-corrected chi connectivity index (χ2v) is 6.15. The number of piperidine rings is 1. The van der Waals surface area contributed by atoms with E-state index in [1.807, 2.05) is 20.2 Å². The maximum atomic E-state index is 4.67. The molecule has 21 heavy (non-hydrogen) atoms. The van der Waals surface area contributed by atoms with Crippen molar-refractivity contribution in [3.8, 4) is 11.4 Å². The van der Waals surface area contributed by atoms with Crippen molar-refractivity contribution in [1.82, 2.24) is 30.3 Å². The van der Waals surface area contributed by atoms with Gasteiger partial charge in [-0.05, 0) is 32.2 Å². The lowest BCUT2D eigenvalue weighted by atomic mass is 9.94. The monoisotopic (exact) mass is 287 g/mol. The van der Waals surface area contributed by atoms with Crippen molar-refractivity contribution in [2.24, 2.45) is 13.0 Å². The van der Waals surface area contributed by atoms with Crippen molar-refractivity contribution < 1.29 is 0 Å². The Morgan fingerprint density at radius 2 is 2.24 bits per heavy atom. The standard InChI is InChI=1S/C14H21N7/c1-9-11(7-20(2)19-9)13-16-14(18-17-13)21-6-10-4-3-5-15-12(10)8-21/h7,10,12,15H,3-6,8H2,1-2H3,(H,16,17,18). The molecule has 0 saturated carbocycles. The summed E-state index contributed by atoms with van der Waals surface area (Å²) in [5.41, 5.74) is 1.99. The maximum Gasteiger partial charge on any atom is 0.245 e. The first-order chi connectivity index (χ1) is 10.2. The van der Waals surface area contributed by atoms with Gasteiger partial charge in [-0.3, -0.25) is 9.78 Å². The molecule has 2 aromatic rings. The van der Waals surface area contributed by atoms with E-state index in [0.29, 0.717) is 6.04 Å². The van der Waals surface area contributed by atoms with Gasteiger partial charge < -0.3 is 10.2 Å². The first-order valence-corrected chi connectivity index (χ1v) is 7.62. The molecule has 0 spiro atoms. The molecule has 0 aromatic carbocycles. The summed E-state index contributed by atoms with van der Waals surface area (Å²) in [6.07, 6.45) is 4.57. The Bertz CT molecular complexity index is 630. The van der Waals surface area contributed by atoms with E-state index in [-0.39, 0.29) is 0 Å². The normalized spacial score (nSPS) is 25.3. The van der Waals surface area contributed by atoms with Crippen LogP contribution in [0.15, 0.2) is 6.20 Å². The molecule has 2 aromatic heterocycles. The molecule has 2 fully saturated rings. The van der Waals surface area contributed by atoms with Gasteiger partial charge >= 0.3 is 0 Å². The molecule has 4 rings (SSSR count). The SMILES string of the molecule is Cc1nn(C)cc1-c1nc(N2CC3CCCNC3C2)n[nH]1. The van der Waals surface area contributed by atoms with E-state index in [1.165, 1.54) is 12.8 Å². The fourth-order valence-electron chi connectivity index (χ4n) is 3.56. The first-order valence-electron chi connectivity index (χ1n) is 7.62. The number of anilines is 1. The molecule has 4 heterocycles. The molecule has 7 nitrogen and oxygen atoms in total. The van der Waals surface area contributed by atoms with E-state index in [2.05, 4.69) is 30.5 Å². The van der Waals surface area contributed by atoms with Crippen LogP contribution in [0, 0.1) is 12.8 Å². The van der Waals surface area contributed by atoms with Gasteiger partial charge in [0.05, 0.1) is 11.3 Å². The van der Waals surface area contributed by atoms with E-state index >= 15 is 0 Å². The van der Waals surface area contributed by atoms with E-state index in [9.17, 15) is 0 Å². The van der Waals surface area contributed by atoms with Crippen LogP contribution in [0.5, 0.6) is 0 Å². The van der Waals surface area contributed by atoms with Crippen LogP contribution >= 0.6 is 0 Å². The Labute approximate surface area is 123 Å². The summed E-state index contributed by atoms with van der Waals surface area (Å²) in [5.74, 6) is 2.35. The van der Waals surface area contributed by atoms with Crippen molar-refractivity contribution in [3.63, 3.8) is 0 Å². The highest BCUT2D eigenvalue weighted by atomic mass is 15.4. The average molecular weight is 287 g/mol. The number of nitrogens with one attached hydrogen (secondary N) is 2. The predicted octanol–water partition coefficient (Wildman–Crippen LogP) is 0.702. The Kier molecular flexibility index (Phi) is 2.95. The Balaban J connectivity index is 1.56. The van der Waals surface area contributed by atoms with Crippen LogP contribution in [0.2, 0.25) is 0 Å². The van der Waals surface area contributed by atoms with Crippen molar-refractivity contribution in [3.05, 3.63) is 11.9 Å².